The molecule has 0 saturated carbocycles. The van der Waals surface area contributed by atoms with Crippen LogP contribution < -0.4 is 10.5 Å². The van der Waals surface area contributed by atoms with E-state index in [0.29, 0.717) is 5.92 Å². The molecule has 2 aromatic carbocycles. The lowest BCUT2D eigenvalue weighted by atomic mass is 10.1. The van der Waals surface area contributed by atoms with E-state index in [9.17, 15) is 0 Å². The van der Waals surface area contributed by atoms with Gasteiger partial charge in [0.05, 0.1) is 18.0 Å². The Labute approximate surface area is 142 Å². The number of rotatable bonds is 6. The zero-order valence-electron chi connectivity index (χ0n) is 14.1. The summed E-state index contributed by atoms with van der Waals surface area (Å²) in [4.78, 5) is 0. The summed E-state index contributed by atoms with van der Waals surface area (Å²) in [6.45, 7) is 5.14. The first-order valence-electron chi connectivity index (χ1n) is 8.26. The van der Waals surface area contributed by atoms with Gasteiger partial charge >= 0.3 is 0 Å². The third kappa shape index (κ3) is 3.96. The molecule has 3 rings (SSSR count). The number of nitrogen functional groups attached to an aromatic ring is 1. The van der Waals surface area contributed by atoms with Crippen molar-refractivity contribution in [3.8, 4) is 28.3 Å². The lowest BCUT2D eigenvalue weighted by Crippen LogP contribution is -2.01. The fourth-order valence-corrected chi connectivity index (χ4v) is 2.46. The molecule has 0 bridgehead atoms. The number of ether oxygens (including phenoxy) is 1. The third-order valence-corrected chi connectivity index (χ3v) is 3.89. The average molecular weight is 321 g/mol. The summed E-state index contributed by atoms with van der Waals surface area (Å²) < 4.78 is 5.76. The molecule has 0 unspecified atom stereocenters. The maximum Gasteiger partial charge on any atom is 0.119 e. The van der Waals surface area contributed by atoms with E-state index in [1.54, 1.807) is 0 Å². The van der Waals surface area contributed by atoms with Crippen molar-refractivity contribution in [1.82, 2.24) is 10.2 Å². The van der Waals surface area contributed by atoms with Gasteiger partial charge in [-0.3, -0.25) is 5.10 Å². The second-order valence-electron chi connectivity index (χ2n) is 6.35. The molecule has 1 aromatic heterocycles. The van der Waals surface area contributed by atoms with Gasteiger partial charge in [0, 0.05) is 11.3 Å². The van der Waals surface area contributed by atoms with Crippen LogP contribution in [0.2, 0.25) is 0 Å². The summed E-state index contributed by atoms with van der Waals surface area (Å²) in [5, 5.41) is 7.47. The van der Waals surface area contributed by atoms with Gasteiger partial charge in [0.2, 0.25) is 0 Å². The van der Waals surface area contributed by atoms with Gasteiger partial charge in [-0.2, -0.15) is 5.10 Å². The molecular weight excluding hydrogens is 298 g/mol. The highest BCUT2D eigenvalue weighted by molar-refractivity contribution is 5.70. The number of nitrogens with zero attached hydrogens (tertiary/aromatic N) is 1. The Morgan fingerprint density at radius 2 is 1.83 bits per heavy atom. The maximum absolute atomic E-state index is 5.84. The SMILES string of the molecule is CC(C)CCOc1ccc(-c2cc(-c3cccc(N)c3)n[nH]2)cc1. The Hall–Kier alpha value is -2.75. The van der Waals surface area contributed by atoms with Gasteiger partial charge < -0.3 is 10.5 Å². The first-order chi connectivity index (χ1) is 11.6. The van der Waals surface area contributed by atoms with E-state index in [1.165, 1.54) is 0 Å². The van der Waals surface area contributed by atoms with Gasteiger partial charge in [-0.25, -0.2) is 0 Å². The fourth-order valence-electron chi connectivity index (χ4n) is 2.46. The van der Waals surface area contributed by atoms with Crippen LogP contribution in [0.3, 0.4) is 0 Å². The standard InChI is InChI=1S/C20H23N3O/c1-14(2)10-11-24-18-8-6-15(7-9-18)19-13-20(23-22-19)16-4-3-5-17(21)12-16/h3-9,12-14H,10-11,21H2,1-2H3,(H,22,23). The molecule has 3 N–H and O–H groups in total. The summed E-state index contributed by atoms with van der Waals surface area (Å²) in [5.74, 6) is 1.55. The van der Waals surface area contributed by atoms with Crippen LogP contribution in [-0.2, 0) is 0 Å². The van der Waals surface area contributed by atoms with Gasteiger partial charge in [0.1, 0.15) is 5.75 Å². The zero-order valence-corrected chi connectivity index (χ0v) is 14.1. The minimum Gasteiger partial charge on any atom is -0.494 e. The lowest BCUT2D eigenvalue weighted by Gasteiger charge is -2.08. The Balaban J connectivity index is 1.71. The highest BCUT2D eigenvalue weighted by Crippen LogP contribution is 2.26. The highest BCUT2D eigenvalue weighted by Gasteiger charge is 2.06. The van der Waals surface area contributed by atoms with Crippen LogP contribution in [0.4, 0.5) is 5.69 Å². The van der Waals surface area contributed by atoms with Crippen molar-refractivity contribution in [3.05, 3.63) is 54.6 Å². The van der Waals surface area contributed by atoms with Crippen LogP contribution in [0.15, 0.2) is 54.6 Å². The maximum atomic E-state index is 5.84. The summed E-state index contributed by atoms with van der Waals surface area (Å²) in [5.41, 5.74) is 10.5. The second-order valence-corrected chi connectivity index (χ2v) is 6.35. The number of benzene rings is 2. The fraction of sp³-hybridized carbons (Fsp3) is 0.250. The number of hydrogen-bond acceptors (Lipinski definition) is 3. The number of nitrogens with one attached hydrogen (secondary N) is 1. The van der Waals surface area contributed by atoms with Crippen LogP contribution in [0.25, 0.3) is 22.5 Å². The highest BCUT2D eigenvalue weighted by atomic mass is 16.5. The van der Waals surface area contributed by atoms with Crippen molar-refractivity contribution >= 4 is 5.69 Å². The van der Waals surface area contributed by atoms with Crippen molar-refractivity contribution in [2.75, 3.05) is 12.3 Å². The lowest BCUT2D eigenvalue weighted by molar-refractivity contribution is 0.289. The van der Waals surface area contributed by atoms with E-state index in [0.717, 1.165) is 47.0 Å². The molecule has 0 atom stereocenters. The van der Waals surface area contributed by atoms with Crippen LogP contribution in [0.5, 0.6) is 5.75 Å². The summed E-state index contributed by atoms with van der Waals surface area (Å²) in [7, 11) is 0. The first kappa shape index (κ1) is 16.1. The largest absolute Gasteiger partial charge is 0.494 e. The quantitative estimate of drug-likeness (QED) is 0.644. The summed E-state index contributed by atoms with van der Waals surface area (Å²) in [6.07, 6.45) is 1.06. The molecule has 24 heavy (non-hydrogen) atoms. The van der Waals surface area contributed by atoms with E-state index >= 15 is 0 Å². The Kier molecular flexibility index (Phi) is 4.85. The number of aromatic amines is 1. The Bertz CT molecular complexity index is 791. The zero-order chi connectivity index (χ0) is 16.9. The molecule has 4 nitrogen and oxygen atoms in total. The molecule has 3 aromatic rings. The van der Waals surface area contributed by atoms with Gasteiger partial charge in [0.15, 0.2) is 0 Å². The molecular formula is C20H23N3O. The van der Waals surface area contributed by atoms with E-state index in [4.69, 9.17) is 10.5 Å². The van der Waals surface area contributed by atoms with Crippen molar-refractivity contribution in [2.24, 2.45) is 5.92 Å². The van der Waals surface area contributed by atoms with Crippen molar-refractivity contribution in [1.29, 1.82) is 0 Å². The van der Waals surface area contributed by atoms with Crippen molar-refractivity contribution < 1.29 is 4.74 Å². The van der Waals surface area contributed by atoms with Gasteiger partial charge in [0.25, 0.3) is 0 Å². The number of H-pyrrole nitrogens is 1. The summed E-state index contributed by atoms with van der Waals surface area (Å²) in [6, 6.07) is 17.8. The molecule has 4 heteroatoms. The van der Waals surface area contributed by atoms with E-state index in [-0.39, 0.29) is 0 Å². The minimum absolute atomic E-state index is 0.653. The predicted octanol–water partition coefficient (Wildman–Crippen LogP) is 4.75. The average Bonchev–Trinajstić information content (AvgIpc) is 3.05. The topological polar surface area (TPSA) is 63.9 Å². The molecule has 0 radical (unpaired) electrons. The number of nitrogens with two attached hydrogens (primary N) is 1. The molecule has 0 aliphatic rings. The van der Waals surface area contributed by atoms with Crippen LogP contribution >= 0.6 is 0 Å². The smallest absolute Gasteiger partial charge is 0.119 e. The number of hydrogen-bond donors (Lipinski definition) is 2. The van der Waals surface area contributed by atoms with Gasteiger partial charge in [-0.05, 0) is 60.4 Å². The molecule has 0 fully saturated rings. The molecule has 0 aliphatic carbocycles. The number of aromatic nitrogens is 2. The van der Waals surface area contributed by atoms with E-state index in [2.05, 4.69) is 24.0 Å². The van der Waals surface area contributed by atoms with Crippen LogP contribution in [-0.4, -0.2) is 16.8 Å². The molecule has 0 saturated heterocycles. The first-order valence-corrected chi connectivity index (χ1v) is 8.26. The van der Waals surface area contributed by atoms with Crippen molar-refractivity contribution in [3.63, 3.8) is 0 Å². The van der Waals surface area contributed by atoms with Crippen LogP contribution in [0, 0.1) is 5.92 Å². The van der Waals surface area contributed by atoms with Gasteiger partial charge in [-0.15, -0.1) is 0 Å². The van der Waals surface area contributed by atoms with E-state index in [1.807, 2.05) is 54.6 Å². The summed E-state index contributed by atoms with van der Waals surface area (Å²) >= 11 is 0. The monoisotopic (exact) mass is 321 g/mol. The predicted molar refractivity (Wildman–Crippen MR) is 98.8 cm³/mol. The van der Waals surface area contributed by atoms with Crippen molar-refractivity contribution in [2.45, 2.75) is 20.3 Å². The molecule has 0 amide bonds. The Morgan fingerprint density at radius 3 is 2.54 bits per heavy atom. The third-order valence-electron chi connectivity index (χ3n) is 3.89. The van der Waals surface area contributed by atoms with Crippen LogP contribution in [0.1, 0.15) is 20.3 Å². The number of anilines is 1. The molecule has 0 spiro atoms. The minimum atomic E-state index is 0.653. The second kappa shape index (κ2) is 7.21. The van der Waals surface area contributed by atoms with E-state index < -0.39 is 0 Å². The molecule has 0 aliphatic heterocycles. The normalized spacial score (nSPS) is 11.0. The molecule has 124 valence electrons. The molecule has 1 heterocycles. The Morgan fingerprint density at radius 1 is 1.04 bits per heavy atom. The van der Waals surface area contributed by atoms with Gasteiger partial charge in [-0.1, -0.05) is 26.0 Å².